The van der Waals surface area contributed by atoms with Crippen LogP contribution in [0.5, 0.6) is 5.75 Å². The summed E-state index contributed by atoms with van der Waals surface area (Å²) in [5, 5.41) is 10.0. The molecule has 3 aromatic carbocycles. The largest absolute Gasteiger partial charge is 0.508 e. The topological polar surface area (TPSA) is 41.8 Å². The van der Waals surface area contributed by atoms with Gasteiger partial charge in [-0.1, -0.05) is 66.7 Å². The Morgan fingerprint density at radius 3 is 2.40 bits per heavy atom. The number of aromatic hydroxyl groups is 1. The second kappa shape index (κ2) is 7.98. The minimum absolute atomic E-state index is 0.0750. The number of ether oxygens (including phenoxy) is 1. The molecule has 1 N–H and O–H groups in total. The summed E-state index contributed by atoms with van der Waals surface area (Å²) in [4.78, 5) is 4.81. The highest BCUT2D eigenvalue weighted by Crippen LogP contribution is 2.48. The number of hydrogen-bond acceptors (Lipinski definition) is 3. The molecule has 0 unspecified atom stereocenters. The van der Waals surface area contributed by atoms with Crippen LogP contribution in [0.15, 0.2) is 83.9 Å². The van der Waals surface area contributed by atoms with E-state index in [1.165, 1.54) is 22.3 Å². The lowest BCUT2D eigenvalue weighted by atomic mass is 9.61. The number of benzene rings is 3. The van der Waals surface area contributed by atoms with E-state index in [2.05, 4.69) is 60.7 Å². The fraction of sp³-hybridized carbons (Fsp3) is 0.296. The van der Waals surface area contributed by atoms with Crippen LogP contribution in [0.1, 0.15) is 41.5 Å². The Morgan fingerprint density at radius 1 is 0.900 bits per heavy atom. The van der Waals surface area contributed by atoms with Crippen molar-refractivity contribution in [3.8, 4) is 5.75 Å². The fourth-order valence-electron chi connectivity index (χ4n) is 5.17. The molecule has 2 aliphatic rings. The van der Waals surface area contributed by atoms with E-state index in [1.807, 2.05) is 18.2 Å². The van der Waals surface area contributed by atoms with Crippen molar-refractivity contribution in [2.75, 3.05) is 0 Å². The molecule has 3 aromatic rings. The first-order valence-electron chi connectivity index (χ1n) is 10.8. The first kappa shape index (κ1) is 18.9. The predicted molar refractivity (Wildman–Crippen MR) is 120 cm³/mol. The van der Waals surface area contributed by atoms with E-state index < -0.39 is 0 Å². The van der Waals surface area contributed by atoms with E-state index in [4.69, 9.17) is 9.73 Å². The molecule has 152 valence electrons. The molecule has 1 fully saturated rings. The lowest BCUT2D eigenvalue weighted by Gasteiger charge is -2.48. The number of rotatable bonds is 4. The smallest absolute Gasteiger partial charge is 0.183 e. The molecule has 0 bridgehead atoms. The molecule has 5 rings (SSSR count). The van der Waals surface area contributed by atoms with Gasteiger partial charge in [-0.25, -0.2) is 0 Å². The van der Waals surface area contributed by atoms with Gasteiger partial charge in [0, 0.05) is 11.8 Å². The molecule has 3 nitrogen and oxygen atoms in total. The fourth-order valence-corrected chi connectivity index (χ4v) is 5.17. The van der Waals surface area contributed by atoms with Crippen molar-refractivity contribution >= 4 is 5.90 Å². The summed E-state index contributed by atoms with van der Waals surface area (Å²) in [6, 6.07) is 26.9. The van der Waals surface area contributed by atoms with Gasteiger partial charge in [0.2, 0.25) is 0 Å². The summed E-state index contributed by atoms with van der Waals surface area (Å²) >= 11 is 0. The zero-order valence-corrected chi connectivity index (χ0v) is 17.1. The molecule has 0 saturated carbocycles. The molecule has 2 atom stereocenters. The highest BCUT2D eigenvalue weighted by molar-refractivity contribution is 5.78. The average Bonchev–Trinajstić information content (AvgIpc) is 2.79. The summed E-state index contributed by atoms with van der Waals surface area (Å²) in [5.41, 5.74) is 5.06. The molecule has 1 aliphatic carbocycles. The predicted octanol–water partition coefficient (Wildman–Crippen LogP) is 5.60. The van der Waals surface area contributed by atoms with Gasteiger partial charge in [0.05, 0.1) is 6.54 Å². The highest BCUT2D eigenvalue weighted by atomic mass is 16.5. The molecular formula is C27H27NO2. The first-order valence-corrected chi connectivity index (χ1v) is 10.8. The maximum atomic E-state index is 10.0. The van der Waals surface area contributed by atoms with Gasteiger partial charge in [-0.2, -0.15) is 0 Å². The van der Waals surface area contributed by atoms with Crippen molar-refractivity contribution < 1.29 is 9.84 Å². The Hall–Kier alpha value is -3.07. The molecule has 0 radical (unpaired) electrons. The van der Waals surface area contributed by atoms with Crippen LogP contribution in [0.4, 0.5) is 0 Å². The number of phenols is 1. The lowest BCUT2D eigenvalue weighted by Crippen LogP contribution is -2.51. The van der Waals surface area contributed by atoms with E-state index in [1.54, 1.807) is 0 Å². The maximum Gasteiger partial charge on any atom is 0.183 e. The number of aliphatic imine (C=N–C) groups is 1. The van der Waals surface area contributed by atoms with Gasteiger partial charge in [-0.3, -0.25) is 4.99 Å². The summed E-state index contributed by atoms with van der Waals surface area (Å²) in [7, 11) is 0. The Balaban J connectivity index is 1.46. The zero-order valence-electron chi connectivity index (χ0n) is 17.1. The van der Waals surface area contributed by atoms with Gasteiger partial charge in [0.25, 0.3) is 0 Å². The van der Waals surface area contributed by atoms with Crippen molar-refractivity contribution in [3.05, 3.63) is 101 Å². The lowest BCUT2D eigenvalue weighted by molar-refractivity contribution is 0.0433. The third-order valence-electron chi connectivity index (χ3n) is 6.62. The molecule has 1 aliphatic heterocycles. The van der Waals surface area contributed by atoms with Crippen molar-refractivity contribution in [2.24, 2.45) is 4.99 Å². The standard InChI is InChI=1S/C27H27NO2/c29-23-12-13-24-22(17-23)11-14-25-27(24,18-20-7-3-1-4-8-20)16-15-26(30-25)28-19-21-9-5-2-6-10-21/h1-10,12-13,17,25,29H,11,14-16,18-19H2/t25-,27+/m0/s1. The minimum Gasteiger partial charge on any atom is -0.508 e. The summed E-state index contributed by atoms with van der Waals surface area (Å²) in [6.45, 7) is 0.666. The van der Waals surface area contributed by atoms with E-state index >= 15 is 0 Å². The van der Waals surface area contributed by atoms with Gasteiger partial charge in [-0.15, -0.1) is 0 Å². The van der Waals surface area contributed by atoms with Crippen molar-refractivity contribution in [1.82, 2.24) is 0 Å². The summed E-state index contributed by atoms with van der Waals surface area (Å²) < 4.78 is 6.56. The molecule has 0 amide bonds. The molecule has 3 heteroatoms. The third-order valence-corrected chi connectivity index (χ3v) is 6.62. The SMILES string of the molecule is Oc1ccc2c(c1)CC[C@@H]1OC(=NCc3ccccc3)CC[C@@]21Cc1ccccc1. The van der Waals surface area contributed by atoms with Gasteiger partial charge in [0.1, 0.15) is 11.9 Å². The molecule has 30 heavy (non-hydrogen) atoms. The number of nitrogens with zero attached hydrogens (tertiary/aromatic N) is 1. The Bertz CT molecular complexity index is 1040. The van der Waals surface area contributed by atoms with Crippen molar-refractivity contribution in [2.45, 2.75) is 50.2 Å². The molecule has 1 heterocycles. The second-order valence-electron chi connectivity index (χ2n) is 8.50. The van der Waals surface area contributed by atoms with Crippen LogP contribution < -0.4 is 0 Å². The monoisotopic (exact) mass is 397 g/mol. The number of aryl methyl sites for hydroxylation is 1. The van der Waals surface area contributed by atoms with E-state index in [0.29, 0.717) is 12.3 Å². The van der Waals surface area contributed by atoms with E-state index in [-0.39, 0.29) is 11.5 Å². The third kappa shape index (κ3) is 3.60. The first-order chi connectivity index (χ1) is 14.7. The minimum atomic E-state index is -0.0750. The van der Waals surface area contributed by atoms with Crippen LogP contribution in [0.3, 0.4) is 0 Å². The molecule has 0 spiro atoms. The van der Waals surface area contributed by atoms with Gasteiger partial charge in [-0.05, 0) is 60.1 Å². The van der Waals surface area contributed by atoms with Crippen LogP contribution in [0, 0.1) is 0 Å². The van der Waals surface area contributed by atoms with Crippen LogP contribution >= 0.6 is 0 Å². The quantitative estimate of drug-likeness (QED) is 0.623. The maximum absolute atomic E-state index is 10.0. The van der Waals surface area contributed by atoms with Crippen molar-refractivity contribution in [3.63, 3.8) is 0 Å². The molecule has 1 saturated heterocycles. The Labute approximate surface area is 178 Å². The average molecular weight is 398 g/mol. The second-order valence-corrected chi connectivity index (χ2v) is 8.50. The highest BCUT2D eigenvalue weighted by Gasteiger charge is 2.48. The van der Waals surface area contributed by atoms with E-state index in [0.717, 1.165) is 38.0 Å². The van der Waals surface area contributed by atoms with Gasteiger partial charge < -0.3 is 9.84 Å². The van der Waals surface area contributed by atoms with Crippen LogP contribution in [-0.2, 0) is 29.5 Å². The van der Waals surface area contributed by atoms with E-state index in [9.17, 15) is 5.11 Å². The Morgan fingerprint density at radius 2 is 1.63 bits per heavy atom. The van der Waals surface area contributed by atoms with Gasteiger partial charge in [0.15, 0.2) is 5.90 Å². The number of phenolic OH excluding ortho intramolecular Hbond substituents is 1. The van der Waals surface area contributed by atoms with Crippen molar-refractivity contribution in [1.29, 1.82) is 0 Å². The molecular weight excluding hydrogens is 370 g/mol. The van der Waals surface area contributed by atoms with Crippen LogP contribution in [0.2, 0.25) is 0 Å². The molecule has 0 aromatic heterocycles. The zero-order chi connectivity index (χ0) is 20.4. The summed E-state index contributed by atoms with van der Waals surface area (Å²) in [5.74, 6) is 1.23. The van der Waals surface area contributed by atoms with Crippen LogP contribution in [-0.4, -0.2) is 17.1 Å². The summed E-state index contributed by atoms with van der Waals surface area (Å²) in [6.07, 6.45) is 4.79. The number of hydrogen-bond donors (Lipinski definition) is 1. The van der Waals surface area contributed by atoms with Crippen LogP contribution in [0.25, 0.3) is 0 Å². The number of fused-ring (bicyclic) bond motifs is 3. The normalized spacial score (nSPS) is 24.0. The van der Waals surface area contributed by atoms with Gasteiger partial charge >= 0.3 is 0 Å². The Kier molecular flexibility index (Phi) is 5.04.